The Bertz CT molecular complexity index is 1600. The third kappa shape index (κ3) is 8.29. The second kappa shape index (κ2) is 14.6. The number of nitrogens with zero attached hydrogens (tertiary/aromatic N) is 2. The van der Waals surface area contributed by atoms with Crippen molar-refractivity contribution in [2.24, 2.45) is 5.92 Å². The van der Waals surface area contributed by atoms with Crippen molar-refractivity contribution in [2.75, 3.05) is 17.4 Å². The van der Waals surface area contributed by atoms with E-state index in [0.717, 1.165) is 21.5 Å². The highest BCUT2D eigenvalue weighted by Crippen LogP contribution is 2.27. The second-order valence-electron chi connectivity index (χ2n) is 10.6. The molecule has 1 N–H and O–H groups in total. The Labute approximate surface area is 253 Å². The highest BCUT2D eigenvalue weighted by molar-refractivity contribution is 7.92. The summed E-state index contributed by atoms with van der Waals surface area (Å²) in [4.78, 5) is 29.3. The zero-order chi connectivity index (χ0) is 30.8. The van der Waals surface area contributed by atoms with Gasteiger partial charge < -0.3 is 10.2 Å². The average molecular weight is 602 g/mol. The van der Waals surface area contributed by atoms with E-state index in [2.05, 4.69) is 5.32 Å². The topological polar surface area (TPSA) is 86.8 Å². The number of anilines is 1. The minimum atomic E-state index is -4.36. The fraction of sp³-hybridized carbons (Fsp3) is 0.235. The van der Waals surface area contributed by atoms with E-state index < -0.39 is 34.3 Å². The molecule has 1 unspecified atom stereocenters. The van der Waals surface area contributed by atoms with E-state index in [4.69, 9.17) is 0 Å². The summed E-state index contributed by atoms with van der Waals surface area (Å²) in [5.41, 5.74) is 1.33. The molecule has 0 saturated heterocycles. The maximum atomic E-state index is 15.1. The molecule has 0 bridgehead atoms. The van der Waals surface area contributed by atoms with Gasteiger partial charge in [0.1, 0.15) is 18.4 Å². The first-order valence-corrected chi connectivity index (χ1v) is 15.6. The number of hydrogen-bond acceptors (Lipinski definition) is 4. The molecule has 0 aromatic heterocycles. The van der Waals surface area contributed by atoms with Gasteiger partial charge in [0.05, 0.1) is 10.6 Å². The van der Waals surface area contributed by atoms with Crippen LogP contribution in [0.5, 0.6) is 0 Å². The minimum Gasteiger partial charge on any atom is -0.354 e. The van der Waals surface area contributed by atoms with Crippen molar-refractivity contribution in [3.8, 4) is 0 Å². The number of hydrogen-bond donors (Lipinski definition) is 1. The number of sulfonamides is 1. The number of amides is 2. The van der Waals surface area contributed by atoms with Crippen molar-refractivity contribution in [3.05, 3.63) is 132 Å². The highest BCUT2D eigenvalue weighted by atomic mass is 32.2. The summed E-state index contributed by atoms with van der Waals surface area (Å²) in [7, 11) is -4.36. The van der Waals surface area contributed by atoms with Gasteiger partial charge in [-0.3, -0.25) is 13.9 Å². The molecule has 0 aliphatic heterocycles. The van der Waals surface area contributed by atoms with Crippen molar-refractivity contribution in [1.29, 1.82) is 0 Å². The molecule has 43 heavy (non-hydrogen) atoms. The van der Waals surface area contributed by atoms with Gasteiger partial charge in [-0.05, 0) is 41.3 Å². The van der Waals surface area contributed by atoms with E-state index in [1.807, 2.05) is 74.5 Å². The zero-order valence-corrected chi connectivity index (χ0v) is 25.1. The lowest BCUT2D eigenvalue weighted by Gasteiger charge is -2.34. The largest absolute Gasteiger partial charge is 0.354 e. The molecule has 224 valence electrons. The molecule has 0 radical (unpaired) electrons. The van der Waals surface area contributed by atoms with Gasteiger partial charge in [0.2, 0.25) is 11.8 Å². The smallest absolute Gasteiger partial charge is 0.264 e. The van der Waals surface area contributed by atoms with E-state index in [0.29, 0.717) is 6.54 Å². The fourth-order valence-corrected chi connectivity index (χ4v) is 6.09. The molecule has 1 atom stereocenters. The van der Waals surface area contributed by atoms with E-state index in [1.54, 1.807) is 18.2 Å². The van der Waals surface area contributed by atoms with Crippen LogP contribution in [-0.4, -0.2) is 44.3 Å². The highest BCUT2D eigenvalue weighted by Gasteiger charge is 2.35. The standard InChI is InChI=1S/C34H36FN3O4S/c1-26(2)23-36-34(40)32(22-27-14-6-3-7-15-27)37(24-28-16-8-4-9-17-28)33(39)25-38(31-21-13-12-20-30(31)35)43(41,42)29-18-10-5-11-19-29/h3-21,26,32H,22-25H2,1-2H3,(H,36,40). The van der Waals surface area contributed by atoms with Crippen molar-refractivity contribution >= 4 is 27.5 Å². The van der Waals surface area contributed by atoms with Crippen LogP contribution in [0, 0.1) is 11.7 Å². The number of para-hydroxylation sites is 1. The maximum Gasteiger partial charge on any atom is 0.264 e. The van der Waals surface area contributed by atoms with Crippen LogP contribution in [-0.2, 0) is 32.6 Å². The molecule has 4 aromatic carbocycles. The Balaban J connectivity index is 1.78. The molecular weight excluding hydrogens is 565 g/mol. The Kier molecular flexibility index (Phi) is 10.7. The lowest BCUT2D eigenvalue weighted by atomic mass is 10.0. The quantitative estimate of drug-likeness (QED) is 0.221. The van der Waals surface area contributed by atoms with Crippen LogP contribution in [0.3, 0.4) is 0 Å². The summed E-state index contributed by atoms with van der Waals surface area (Å²) in [6.07, 6.45) is 0.203. The summed E-state index contributed by atoms with van der Waals surface area (Å²) in [5, 5.41) is 2.95. The molecule has 4 aromatic rings. The first-order valence-electron chi connectivity index (χ1n) is 14.1. The first kappa shape index (κ1) is 31.4. The van der Waals surface area contributed by atoms with Crippen LogP contribution in [0.2, 0.25) is 0 Å². The van der Waals surface area contributed by atoms with Crippen molar-refractivity contribution in [1.82, 2.24) is 10.2 Å². The Morgan fingerprint density at radius 1 is 0.767 bits per heavy atom. The molecule has 0 fully saturated rings. The molecule has 0 spiro atoms. The summed E-state index contributed by atoms with van der Waals surface area (Å²) in [6, 6.07) is 30.5. The predicted molar refractivity (Wildman–Crippen MR) is 166 cm³/mol. The number of carbonyl (C=O) groups excluding carboxylic acids is 2. The van der Waals surface area contributed by atoms with Crippen LogP contribution in [0.15, 0.2) is 120 Å². The SMILES string of the molecule is CC(C)CNC(=O)C(Cc1ccccc1)N(Cc1ccccc1)C(=O)CN(c1ccccc1F)S(=O)(=O)c1ccccc1. The summed E-state index contributed by atoms with van der Waals surface area (Å²) in [6.45, 7) is 3.68. The van der Waals surface area contributed by atoms with Crippen molar-refractivity contribution < 1.29 is 22.4 Å². The van der Waals surface area contributed by atoms with Crippen LogP contribution < -0.4 is 9.62 Å². The number of rotatable bonds is 13. The summed E-state index contributed by atoms with van der Waals surface area (Å²) < 4.78 is 43.7. The predicted octanol–water partition coefficient (Wildman–Crippen LogP) is 5.43. The van der Waals surface area contributed by atoms with Crippen LogP contribution in [0.25, 0.3) is 0 Å². The molecule has 2 amide bonds. The van der Waals surface area contributed by atoms with E-state index in [1.165, 1.54) is 35.2 Å². The molecule has 0 saturated carbocycles. The normalized spacial score (nSPS) is 12.0. The van der Waals surface area contributed by atoms with Gasteiger partial charge in [-0.25, -0.2) is 12.8 Å². The van der Waals surface area contributed by atoms with Gasteiger partial charge in [0, 0.05) is 19.5 Å². The number of nitrogens with one attached hydrogen (secondary N) is 1. The van der Waals surface area contributed by atoms with E-state index in [-0.39, 0.29) is 35.4 Å². The minimum absolute atomic E-state index is 0.0444. The van der Waals surface area contributed by atoms with E-state index >= 15 is 4.39 Å². The summed E-state index contributed by atoms with van der Waals surface area (Å²) >= 11 is 0. The van der Waals surface area contributed by atoms with Crippen LogP contribution >= 0.6 is 0 Å². The van der Waals surface area contributed by atoms with Gasteiger partial charge in [-0.15, -0.1) is 0 Å². The lowest BCUT2D eigenvalue weighted by Crippen LogP contribution is -2.53. The number of carbonyl (C=O) groups is 2. The maximum absolute atomic E-state index is 15.1. The molecule has 0 aliphatic carbocycles. The Morgan fingerprint density at radius 3 is 1.88 bits per heavy atom. The monoisotopic (exact) mass is 601 g/mol. The second-order valence-corrected chi connectivity index (χ2v) is 12.5. The molecule has 9 heteroatoms. The fourth-order valence-electron chi connectivity index (χ4n) is 4.64. The van der Waals surface area contributed by atoms with Crippen LogP contribution in [0.4, 0.5) is 10.1 Å². The number of halogens is 1. The van der Waals surface area contributed by atoms with Crippen molar-refractivity contribution in [2.45, 2.75) is 37.8 Å². The lowest BCUT2D eigenvalue weighted by molar-refractivity contribution is -0.140. The molecule has 4 rings (SSSR count). The Morgan fingerprint density at radius 2 is 1.30 bits per heavy atom. The first-order chi connectivity index (χ1) is 20.7. The third-order valence-corrected chi connectivity index (χ3v) is 8.66. The average Bonchev–Trinajstić information content (AvgIpc) is 3.02. The van der Waals surface area contributed by atoms with Gasteiger partial charge in [0.25, 0.3) is 10.0 Å². The summed E-state index contributed by atoms with van der Waals surface area (Å²) in [5.74, 6) is -1.62. The van der Waals surface area contributed by atoms with Gasteiger partial charge >= 0.3 is 0 Å². The molecular formula is C34H36FN3O4S. The van der Waals surface area contributed by atoms with Crippen molar-refractivity contribution in [3.63, 3.8) is 0 Å². The van der Waals surface area contributed by atoms with Crippen LogP contribution in [0.1, 0.15) is 25.0 Å². The van der Waals surface area contributed by atoms with Gasteiger partial charge in [-0.1, -0.05) is 105 Å². The molecule has 7 nitrogen and oxygen atoms in total. The molecule has 0 heterocycles. The third-order valence-electron chi connectivity index (χ3n) is 6.88. The molecule has 0 aliphatic rings. The number of benzene rings is 4. The zero-order valence-electron chi connectivity index (χ0n) is 24.3. The van der Waals surface area contributed by atoms with Gasteiger partial charge in [0.15, 0.2) is 0 Å². The van der Waals surface area contributed by atoms with E-state index in [9.17, 15) is 18.0 Å². The Hall–Kier alpha value is -4.50. The van der Waals surface area contributed by atoms with Gasteiger partial charge in [-0.2, -0.15) is 0 Å².